The molecule has 0 atom stereocenters. The van der Waals surface area contributed by atoms with Gasteiger partial charge >= 0.3 is 0 Å². The normalized spacial score (nSPS) is 12.6. The zero-order valence-electron chi connectivity index (χ0n) is 22.5. The highest BCUT2D eigenvalue weighted by molar-refractivity contribution is 7.86. The Morgan fingerprint density at radius 1 is 0.422 bits per heavy atom. The van der Waals surface area contributed by atoms with E-state index in [1.54, 1.807) is 24.3 Å². The molecule has 0 fully saturated rings. The Morgan fingerprint density at radius 3 is 1.38 bits per heavy atom. The lowest BCUT2D eigenvalue weighted by atomic mass is 10.1. The Bertz CT molecular complexity index is 2240. The highest BCUT2D eigenvalue weighted by atomic mass is 32.2. The maximum Gasteiger partial charge on any atom is 0.294 e. The van der Waals surface area contributed by atoms with E-state index in [1.807, 2.05) is 0 Å². The maximum absolute atomic E-state index is 11.5. The third kappa shape index (κ3) is 7.48. The SMILES string of the molecule is O=S(=O)(O)c1ccc(N=Nc2ccc(N=Nc3cc(N=Nc4ccc5c(O)cc(S(=O)(=O)O)cc5c4)c(O)cc3O)cc2)cc1. The van der Waals surface area contributed by atoms with Crippen LogP contribution in [0.5, 0.6) is 17.2 Å². The Hall–Kier alpha value is -5.62. The summed E-state index contributed by atoms with van der Waals surface area (Å²) in [6, 6.07) is 20.1. The van der Waals surface area contributed by atoms with E-state index in [0.717, 1.165) is 18.2 Å². The standard InChI is InChI=1S/C28H20N6O9S2/c35-26-13-22(45(41,42)43)12-16-11-20(7-10-23(16)26)32-34-25-14-24(27(36)15-28(25)37)33-31-18-3-1-17(2-4-18)29-30-19-5-8-21(9-6-19)44(38,39)40/h1-15,35-37H,(H,38,39,40)(H,41,42,43). The molecule has 0 unspecified atom stereocenters. The van der Waals surface area contributed by atoms with Gasteiger partial charge in [0.1, 0.15) is 28.6 Å². The van der Waals surface area contributed by atoms with Crippen LogP contribution in [0.25, 0.3) is 10.8 Å². The molecule has 0 heterocycles. The molecule has 5 rings (SSSR count). The van der Waals surface area contributed by atoms with Crippen LogP contribution in [0.2, 0.25) is 0 Å². The fraction of sp³-hybridized carbons (Fsp3) is 0. The second kappa shape index (κ2) is 12.2. The van der Waals surface area contributed by atoms with E-state index < -0.39 is 30.9 Å². The number of rotatable bonds is 8. The second-order valence-electron chi connectivity index (χ2n) is 9.24. The third-order valence-electron chi connectivity index (χ3n) is 6.07. The number of phenolic OH excluding ortho intramolecular Hbond substituents is 3. The summed E-state index contributed by atoms with van der Waals surface area (Å²) in [5.74, 6) is -1.16. The van der Waals surface area contributed by atoms with Crippen LogP contribution in [0.4, 0.5) is 34.1 Å². The molecule has 17 heteroatoms. The molecule has 0 aromatic heterocycles. The highest BCUT2D eigenvalue weighted by Crippen LogP contribution is 2.40. The van der Waals surface area contributed by atoms with Crippen LogP contribution in [0.15, 0.2) is 131 Å². The van der Waals surface area contributed by atoms with E-state index in [1.165, 1.54) is 48.5 Å². The molecule has 0 amide bonds. The minimum absolute atomic E-state index is 0.0416. The van der Waals surface area contributed by atoms with Crippen molar-refractivity contribution >= 4 is 65.1 Å². The van der Waals surface area contributed by atoms with E-state index in [-0.39, 0.29) is 38.8 Å². The fourth-order valence-corrected chi connectivity index (χ4v) is 4.86. The largest absolute Gasteiger partial charge is 0.507 e. The first-order valence-corrected chi connectivity index (χ1v) is 15.4. The first-order valence-electron chi connectivity index (χ1n) is 12.5. The van der Waals surface area contributed by atoms with Gasteiger partial charge in [-0.2, -0.15) is 37.3 Å². The van der Waals surface area contributed by atoms with Gasteiger partial charge in [-0.05, 0) is 78.2 Å². The van der Waals surface area contributed by atoms with Crippen LogP contribution in [0.3, 0.4) is 0 Å². The predicted octanol–water partition coefficient (Wildman–Crippen LogP) is 7.70. The Labute approximate surface area is 254 Å². The van der Waals surface area contributed by atoms with Crippen molar-refractivity contribution in [2.24, 2.45) is 30.7 Å². The molecular formula is C28H20N6O9S2. The zero-order chi connectivity index (χ0) is 32.4. The van der Waals surface area contributed by atoms with Crippen molar-refractivity contribution in [2.45, 2.75) is 9.79 Å². The molecule has 5 aromatic rings. The summed E-state index contributed by atoms with van der Waals surface area (Å²) in [7, 11) is -8.88. The summed E-state index contributed by atoms with van der Waals surface area (Å²) in [5.41, 5.74) is 1.29. The Morgan fingerprint density at radius 2 is 0.867 bits per heavy atom. The second-order valence-corrected chi connectivity index (χ2v) is 12.1. The maximum atomic E-state index is 11.5. The van der Waals surface area contributed by atoms with Crippen LogP contribution in [0, 0.1) is 0 Å². The first kappa shape index (κ1) is 30.8. The molecule has 228 valence electrons. The van der Waals surface area contributed by atoms with E-state index >= 15 is 0 Å². The molecule has 0 saturated heterocycles. The third-order valence-corrected chi connectivity index (χ3v) is 7.77. The molecular weight excluding hydrogens is 628 g/mol. The summed E-state index contributed by atoms with van der Waals surface area (Å²) in [6.45, 7) is 0. The monoisotopic (exact) mass is 648 g/mol. The Kier molecular flexibility index (Phi) is 8.34. The first-order chi connectivity index (χ1) is 21.3. The van der Waals surface area contributed by atoms with Crippen LogP contribution in [-0.2, 0) is 20.2 Å². The molecule has 0 aliphatic rings. The van der Waals surface area contributed by atoms with Crippen molar-refractivity contribution in [3.63, 3.8) is 0 Å². The molecule has 5 aromatic carbocycles. The van der Waals surface area contributed by atoms with Gasteiger partial charge in [0.2, 0.25) is 0 Å². The summed E-state index contributed by atoms with van der Waals surface area (Å²) in [6.07, 6.45) is 0. The lowest BCUT2D eigenvalue weighted by Gasteiger charge is -2.05. The molecule has 0 aliphatic carbocycles. The molecule has 0 spiro atoms. The van der Waals surface area contributed by atoms with Crippen molar-refractivity contribution in [2.75, 3.05) is 0 Å². The van der Waals surface area contributed by atoms with Crippen molar-refractivity contribution in [1.29, 1.82) is 0 Å². The smallest absolute Gasteiger partial charge is 0.294 e. The zero-order valence-corrected chi connectivity index (χ0v) is 24.2. The number of hydrogen-bond donors (Lipinski definition) is 5. The fourth-order valence-electron chi connectivity index (χ4n) is 3.85. The molecule has 45 heavy (non-hydrogen) atoms. The summed E-state index contributed by atoms with van der Waals surface area (Å²) < 4.78 is 63.6. The number of nitrogens with zero attached hydrogens (tertiary/aromatic N) is 6. The topological polar surface area (TPSA) is 244 Å². The minimum Gasteiger partial charge on any atom is -0.507 e. The quantitative estimate of drug-likeness (QED) is 0.0816. The average Bonchev–Trinajstić information content (AvgIpc) is 2.99. The van der Waals surface area contributed by atoms with Crippen LogP contribution >= 0.6 is 0 Å². The number of azo groups is 3. The summed E-state index contributed by atoms with van der Waals surface area (Å²) >= 11 is 0. The van der Waals surface area contributed by atoms with Gasteiger partial charge in [-0.1, -0.05) is 0 Å². The molecule has 15 nitrogen and oxygen atoms in total. The van der Waals surface area contributed by atoms with Crippen LogP contribution in [-0.4, -0.2) is 41.3 Å². The highest BCUT2D eigenvalue weighted by Gasteiger charge is 2.14. The number of benzene rings is 5. The number of phenols is 3. The number of fused-ring (bicyclic) bond motifs is 1. The lowest BCUT2D eigenvalue weighted by molar-refractivity contribution is 0.452. The van der Waals surface area contributed by atoms with Crippen molar-refractivity contribution in [3.8, 4) is 17.2 Å². The molecule has 0 saturated carbocycles. The number of hydrogen-bond acceptors (Lipinski definition) is 13. The van der Waals surface area contributed by atoms with Crippen LogP contribution < -0.4 is 0 Å². The van der Waals surface area contributed by atoms with Gasteiger partial charge in [0, 0.05) is 23.6 Å². The van der Waals surface area contributed by atoms with E-state index in [2.05, 4.69) is 30.7 Å². The predicted molar refractivity (Wildman–Crippen MR) is 160 cm³/mol. The van der Waals surface area contributed by atoms with E-state index in [0.29, 0.717) is 22.4 Å². The lowest BCUT2D eigenvalue weighted by Crippen LogP contribution is -1.97. The van der Waals surface area contributed by atoms with Gasteiger partial charge in [0.15, 0.2) is 0 Å². The van der Waals surface area contributed by atoms with Crippen LogP contribution in [0.1, 0.15) is 0 Å². The van der Waals surface area contributed by atoms with E-state index in [4.69, 9.17) is 4.55 Å². The van der Waals surface area contributed by atoms with Crippen molar-refractivity contribution in [3.05, 3.63) is 91.0 Å². The summed E-state index contributed by atoms with van der Waals surface area (Å²) in [4.78, 5) is -0.768. The van der Waals surface area contributed by atoms with Gasteiger partial charge in [-0.15, -0.1) is 10.2 Å². The summed E-state index contributed by atoms with van der Waals surface area (Å²) in [5, 5.41) is 55.3. The number of aromatic hydroxyl groups is 3. The average molecular weight is 649 g/mol. The van der Waals surface area contributed by atoms with Gasteiger partial charge in [0.05, 0.1) is 32.5 Å². The molecule has 0 aliphatic heterocycles. The molecule has 5 N–H and O–H groups in total. The van der Waals surface area contributed by atoms with Crippen molar-refractivity contribution < 1.29 is 41.3 Å². The Balaban J connectivity index is 1.32. The van der Waals surface area contributed by atoms with Crippen molar-refractivity contribution in [1.82, 2.24) is 0 Å². The minimum atomic E-state index is -4.57. The van der Waals surface area contributed by atoms with Gasteiger partial charge in [0.25, 0.3) is 20.2 Å². The van der Waals surface area contributed by atoms with E-state index in [9.17, 15) is 36.7 Å². The van der Waals surface area contributed by atoms with Gasteiger partial charge < -0.3 is 15.3 Å². The molecule has 0 bridgehead atoms. The van der Waals surface area contributed by atoms with Gasteiger partial charge in [-0.25, -0.2) is 0 Å². The van der Waals surface area contributed by atoms with Gasteiger partial charge in [-0.3, -0.25) is 9.11 Å². The molecule has 0 radical (unpaired) electrons.